The molecule has 0 aromatic carbocycles. The Morgan fingerprint density at radius 1 is 1.30 bits per heavy atom. The van der Waals surface area contributed by atoms with E-state index in [0.29, 0.717) is 0 Å². The van der Waals surface area contributed by atoms with Crippen LogP contribution in [-0.2, 0) is 6.42 Å². The zero-order valence-electron chi connectivity index (χ0n) is 14.6. The standard InChI is InChI=1S/C17H26N4S2/c1-6-18-16(21-17(3,4)5)19-10-9-13-7-8-15(23-13)14-11-22-12(2)20-14/h7-8,11H,6,9-10H2,1-5H3,(H2,18,19,21). The van der Waals surface area contributed by atoms with Crippen molar-refractivity contribution in [3.05, 3.63) is 27.4 Å². The van der Waals surface area contributed by atoms with E-state index in [9.17, 15) is 0 Å². The molecule has 0 saturated heterocycles. The van der Waals surface area contributed by atoms with Crippen molar-refractivity contribution < 1.29 is 0 Å². The van der Waals surface area contributed by atoms with Gasteiger partial charge in [-0.1, -0.05) is 0 Å². The fourth-order valence-corrected chi connectivity index (χ4v) is 3.71. The molecular weight excluding hydrogens is 324 g/mol. The van der Waals surface area contributed by atoms with Gasteiger partial charge in [0, 0.05) is 35.3 Å². The molecule has 2 aromatic heterocycles. The lowest BCUT2D eigenvalue weighted by Gasteiger charge is -2.23. The number of nitrogens with one attached hydrogen (secondary N) is 2. The molecule has 0 aliphatic carbocycles. The summed E-state index contributed by atoms with van der Waals surface area (Å²) in [7, 11) is 0. The molecule has 23 heavy (non-hydrogen) atoms. The highest BCUT2D eigenvalue weighted by Gasteiger charge is 2.11. The van der Waals surface area contributed by atoms with Gasteiger partial charge in [-0.05, 0) is 46.8 Å². The van der Waals surface area contributed by atoms with Crippen LogP contribution >= 0.6 is 22.7 Å². The largest absolute Gasteiger partial charge is 0.357 e. The first kappa shape index (κ1) is 17.9. The van der Waals surface area contributed by atoms with Gasteiger partial charge >= 0.3 is 0 Å². The van der Waals surface area contributed by atoms with Gasteiger partial charge in [0.2, 0.25) is 0 Å². The maximum absolute atomic E-state index is 4.67. The number of aromatic nitrogens is 1. The van der Waals surface area contributed by atoms with Crippen molar-refractivity contribution in [2.75, 3.05) is 13.1 Å². The Hall–Kier alpha value is -1.40. The summed E-state index contributed by atoms with van der Waals surface area (Å²) >= 11 is 3.51. The van der Waals surface area contributed by atoms with E-state index in [1.54, 1.807) is 11.3 Å². The zero-order valence-corrected chi connectivity index (χ0v) is 16.2. The first-order valence-electron chi connectivity index (χ1n) is 7.95. The topological polar surface area (TPSA) is 49.3 Å². The van der Waals surface area contributed by atoms with Crippen molar-refractivity contribution in [2.45, 2.75) is 46.6 Å². The van der Waals surface area contributed by atoms with E-state index in [0.717, 1.165) is 36.2 Å². The number of hydrogen-bond acceptors (Lipinski definition) is 4. The number of rotatable bonds is 5. The van der Waals surface area contributed by atoms with Gasteiger partial charge in [0.25, 0.3) is 0 Å². The maximum Gasteiger partial charge on any atom is 0.191 e. The molecular formula is C17H26N4S2. The van der Waals surface area contributed by atoms with Gasteiger partial charge in [-0.2, -0.15) is 0 Å². The molecule has 2 N–H and O–H groups in total. The van der Waals surface area contributed by atoms with Crippen molar-refractivity contribution in [2.24, 2.45) is 4.99 Å². The number of guanidine groups is 1. The van der Waals surface area contributed by atoms with Crippen LogP contribution < -0.4 is 10.6 Å². The van der Waals surface area contributed by atoms with Gasteiger partial charge in [0.05, 0.1) is 15.6 Å². The smallest absolute Gasteiger partial charge is 0.191 e. The van der Waals surface area contributed by atoms with Gasteiger partial charge in [-0.3, -0.25) is 4.99 Å². The summed E-state index contributed by atoms with van der Waals surface area (Å²) in [5.41, 5.74) is 1.11. The molecule has 0 spiro atoms. The van der Waals surface area contributed by atoms with E-state index in [-0.39, 0.29) is 5.54 Å². The van der Waals surface area contributed by atoms with Crippen LogP contribution in [0.2, 0.25) is 0 Å². The van der Waals surface area contributed by atoms with E-state index < -0.39 is 0 Å². The van der Waals surface area contributed by atoms with E-state index in [2.05, 4.69) is 65.8 Å². The molecule has 0 unspecified atom stereocenters. The second-order valence-electron chi connectivity index (χ2n) is 6.40. The molecule has 0 saturated carbocycles. The molecule has 2 rings (SSSR count). The number of hydrogen-bond donors (Lipinski definition) is 2. The average molecular weight is 351 g/mol. The van der Waals surface area contributed by atoms with Gasteiger partial charge in [-0.15, -0.1) is 22.7 Å². The monoisotopic (exact) mass is 350 g/mol. The third-order valence-electron chi connectivity index (χ3n) is 3.00. The Kier molecular flexibility index (Phi) is 6.18. The summed E-state index contributed by atoms with van der Waals surface area (Å²) in [5.74, 6) is 0.881. The van der Waals surface area contributed by atoms with Crippen LogP contribution in [-0.4, -0.2) is 29.6 Å². The average Bonchev–Trinajstić information content (AvgIpc) is 3.06. The molecule has 4 nitrogen and oxygen atoms in total. The van der Waals surface area contributed by atoms with Crippen molar-refractivity contribution >= 4 is 28.6 Å². The lowest BCUT2D eigenvalue weighted by Crippen LogP contribution is -2.47. The first-order valence-corrected chi connectivity index (χ1v) is 9.64. The maximum atomic E-state index is 4.67. The lowest BCUT2D eigenvalue weighted by molar-refractivity contribution is 0.501. The van der Waals surface area contributed by atoms with Gasteiger partial charge < -0.3 is 10.6 Å². The van der Waals surface area contributed by atoms with Crippen molar-refractivity contribution in [1.29, 1.82) is 0 Å². The second kappa shape index (κ2) is 7.93. The normalized spacial score (nSPS) is 12.5. The number of aliphatic imine (C=N–C) groups is 1. The van der Waals surface area contributed by atoms with Crippen LogP contribution in [0, 0.1) is 6.92 Å². The summed E-state index contributed by atoms with van der Waals surface area (Å²) in [6.45, 7) is 12.2. The molecule has 0 bridgehead atoms. The van der Waals surface area contributed by atoms with Gasteiger partial charge in [0.1, 0.15) is 0 Å². The highest BCUT2D eigenvalue weighted by atomic mass is 32.1. The minimum absolute atomic E-state index is 0.0135. The van der Waals surface area contributed by atoms with Crippen molar-refractivity contribution in [3.63, 3.8) is 0 Å². The molecule has 0 aliphatic heterocycles. The number of aryl methyl sites for hydroxylation is 1. The quantitative estimate of drug-likeness (QED) is 0.631. The Balaban J connectivity index is 1.94. The minimum Gasteiger partial charge on any atom is -0.357 e. The highest BCUT2D eigenvalue weighted by molar-refractivity contribution is 7.16. The van der Waals surface area contributed by atoms with Crippen molar-refractivity contribution in [3.8, 4) is 10.6 Å². The molecule has 0 atom stereocenters. The van der Waals surface area contributed by atoms with Crippen LogP contribution in [0.1, 0.15) is 37.6 Å². The highest BCUT2D eigenvalue weighted by Crippen LogP contribution is 2.29. The summed E-state index contributed by atoms with van der Waals surface area (Å²) in [6.07, 6.45) is 0.953. The Morgan fingerprint density at radius 3 is 2.70 bits per heavy atom. The van der Waals surface area contributed by atoms with E-state index in [1.165, 1.54) is 9.75 Å². The zero-order chi connectivity index (χ0) is 16.9. The van der Waals surface area contributed by atoms with Crippen LogP contribution in [0.3, 0.4) is 0 Å². The van der Waals surface area contributed by atoms with E-state index in [1.807, 2.05) is 18.3 Å². The predicted octanol–water partition coefficient (Wildman–Crippen LogP) is 4.08. The second-order valence-corrected chi connectivity index (χ2v) is 8.63. The third-order valence-corrected chi connectivity index (χ3v) is 4.94. The molecule has 6 heteroatoms. The molecule has 126 valence electrons. The number of nitrogens with zero attached hydrogens (tertiary/aromatic N) is 2. The molecule has 2 aromatic rings. The Bertz CT molecular complexity index is 650. The molecule has 2 heterocycles. The lowest BCUT2D eigenvalue weighted by atomic mass is 10.1. The fourth-order valence-electron chi connectivity index (χ4n) is 2.07. The first-order chi connectivity index (χ1) is 10.9. The summed E-state index contributed by atoms with van der Waals surface area (Å²) < 4.78 is 0. The van der Waals surface area contributed by atoms with Gasteiger partial charge in [0.15, 0.2) is 5.96 Å². The summed E-state index contributed by atoms with van der Waals surface area (Å²) in [5, 5.41) is 9.94. The molecule has 0 amide bonds. The van der Waals surface area contributed by atoms with Crippen molar-refractivity contribution in [1.82, 2.24) is 15.6 Å². The number of thiazole rings is 1. The van der Waals surface area contributed by atoms with Crippen LogP contribution in [0.4, 0.5) is 0 Å². The van der Waals surface area contributed by atoms with Crippen LogP contribution in [0.5, 0.6) is 0 Å². The van der Waals surface area contributed by atoms with E-state index >= 15 is 0 Å². The third kappa shape index (κ3) is 5.95. The van der Waals surface area contributed by atoms with Crippen LogP contribution in [0.25, 0.3) is 10.6 Å². The summed E-state index contributed by atoms with van der Waals surface area (Å²) in [4.78, 5) is 11.8. The van der Waals surface area contributed by atoms with Crippen LogP contribution in [0.15, 0.2) is 22.5 Å². The molecule has 0 aliphatic rings. The van der Waals surface area contributed by atoms with Gasteiger partial charge in [-0.25, -0.2) is 4.98 Å². The molecule has 0 fully saturated rings. The predicted molar refractivity (Wildman–Crippen MR) is 103 cm³/mol. The SMILES string of the molecule is CCNC(=NCCc1ccc(-c2csc(C)n2)s1)NC(C)(C)C. The number of thiophene rings is 1. The Morgan fingerprint density at radius 2 is 2.09 bits per heavy atom. The minimum atomic E-state index is 0.0135. The van der Waals surface area contributed by atoms with E-state index in [4.69, 9.17) is 0 Å². The Labute approximate surface area is 147 Å². The molecule has 0 radical (unpaired) electrons. The fraction of sp³-hybridized carbons (Fsp3) is 0.529. The summed E-state index contributed by atoms with van der Waals surface area (Å²) in [6, 6.07) is 4.35.